The van der Waals surface area contributed by atoms with E-state index in [1.54, 1.807) is 37.4 Å². The fourth-order valence-electron chi connectivity index (χ4n) is 2.39. The molecule has 114 valence electrons. The number of carbonyl (C=O) groups is 1. The molecule has 0 spiro atoms. The summed E-state index contributed by atoms with van der Waals surface area (Å²) in [5, 5.41) is 12.3. The van der Waals surface area contributed by atoms with Crippen molar-refractivity contribution in [3.05, 3.63) is 83.9 Å². The number of carbonyl (C=O) groups excluding carboxylic acids is 1. The van der Waals surface area contributed by atoms with Crippen molar-refractivity contribution in [2.75, 3.05) is 7.11 Å². The first kappa shape index (κ1) is 14.9. The number of ketones is 1. The number of aliphatic hydroxyl groups is 1. The number of hydrogen-bond acceptors (Lipinski definition) is 3. The predicted molar refractivity (Wildman–Crippen MR) is 91.9 cm³/mol. The molecule has 0 saturated carbocycles. The molecule has 0 aliphatic carbocycles. The second kappa shape index (κ2) is 6.36. The van der Waals surface area contributed by atoms with Gasteiger partial charge in [0.1, 0.15) is 11.5 Å². The molecule has 3 rings (SSSR count). The molecule has 0 aromatic heterocycles. The largest absolute Gasteiger partial charge is 0.507 e. The number of rotatable bonds is 4. The Balaban J connectivity index is 1.88. The highest BCUT2D eigenvalue weighted by molar-refractivity contribution is 6.08. The lowest BCUT2D eigenvalue weighted by Gasteiger charge is -2.04. The smallest absolute Gasteiger partial charge is 0.189 e. The fourth-order valence-corrected chi connectivity index (χ4v) is 2.39. The van der Waals surface area contributed by atoms with Gasteiger partial charge in [-0.25, -0.2) is 0 Å². The van der Waals surface area contributed by atoms with Gasteiger partial charge >= 0.3 is 0 Å². The van der Waals surface area contributed by atoms with E-state index in [-0.39, 0.29) is 11.5 Å². The van der Waals surface area contributed by atoms with E-state index in [9.17, 15) is 9.90 Å². The van der Waals surface area contributed by atoms with Gasteiger partial charge in [0, 0.05) is 17.2 Å². The number of aliphatic hydroxyl groups excluding tert-OH is 1. The zero-order chi connectivity index (χ0) is 16.2. The van der Waals surface area contributed by atoms with Crippen molar-refractivity contribution >= 4 is 22.3 Å². The molecule has 3 aromatic rings. The van der Waals surface area contributed by atoms with Crippen molar-refractivity contribution in [2.45, 2.75) is 0 Å². The van der Waals surface area contributed by atoms with E-state index in [4.69, 9.17) is 4.74 Å². The molecule has 0 heterocycles. The Labute approximate surface area is 134 Å². The zero-order valence-electron chi connectivity index (χ0n) is 12.7. The second-order valence-corrected chi connectivity index (χ2v) is 5.18. The number of fused-ring (bicyclic) bond motifs is 1. The van der Waals surface area contributed by atoms with Crippen LogP contribution in [0.15, 0.2) is 72.8 Å². The van der Waals surface area contributed by atoms with Crippen molar-refractivity contribution < 1.29 is 14.6 Å². The Hall–Kier alpha value is -3.07. The summed E-state index contributed by atoms with van der Waals surface area (Å²) in [4.78, 5) is 12.2. The van der Waals surface area contributed by atoms with E-state index >= 15 is 0 Å². The molecular formula is C20H16O3. The minimum absolute atomic E-state index is 0.0448. The highest BCUT2D eigenvalue weighted by Gasteiger charge is 2.07. The van der Waals surface area contributed by atoms with Crippen LogP contribution < -0.4 is 4.74 Å². The average Bonchev–Trinajstić information content (AvgIpc) is 2.61. The van der Waals surface area contributed by atoms with Crippen LogP contribution in [0.25, 0.3) is 16.5 Å². The minimum atomic E-state index is -0.252. The lowest BCUT2D eigenvalue weighted by Crippen LogP contribution is -1.97. The minimum Gasteiger partial charge on any atom is -0.507 e. The highest BCUT2D eigenvalue weighted by atomic mass is 16.5. The van der Waals surface area contributed by atoms with Crippen LogP contribution in [-0.4, -0.2) is 18.0 Å². The van der Waals surface area contributed by atoms with Gasteiger partial charge in [-0.05, 0) is 41.1 Å². The van der Waals surface area contributed by atoms with Gasteiger partial charge in [0.15, 0.2) is 5.78 Å². The summed E-state index contributed by atoms with van der Waals surface area (Å²) in [6.45, 7) is 0. The summed E-state index contributed by atoms with van der Waals surface area (Å²) in [7, 11) is 1.57. The number of benzene rings is 3. The maximum Gasteiger partial charge on any atom is 0.189 e. The second-order valence-electron chi connectivity index (χ2n) is 5.18. The highest BCUT2D eigenvalue weighted by Crippen LogP contribution is 2.20. The lowest BCUT2D eigenvalue weighted by molar-refractivity contribution is 0.104. The van der Waals surface area contributed by atoms with Crippen molar-refractivity contribution in [2.24, 2.45) is 0 Å². The topological polar surface area (TPSA) is 46.5 Å². The molecule has 3 nitrogen and oxygen atoms in total. The number of ether oxygens (including phenoxy) is 1. The van der Waals surface area contributed by atoms with E-state index in [1.807, 2.05) is 36.4 Å². The lowest BCUT2D eigenvalue weighted by atomic mass is 10.0. The molecule has 0 amide bonds. The third-order valence-corrected chi connectivity index (χ3v) is 3.69. The van der Waals surface area contributed by atoms with E-state index in [2.05, 4.69) is 0 Å². The Kier molecular flexibility index (Phi) is 4.11. The van der Waals surface area contributed by atoms with Gasteiger partial charge in [0.05, 0.1) is 7.11 Å². The van der Waals surface area contributed by atoms with Crippen LogP contribution in [0.4, 0.5) is 0 Å². The summed E-state index contributed by atoms with van der Waals surface area (Å²) in [5.74, 6) is 0.388. The van der Waals surface area contributed by atoms with Crippen molar-refractivity contribution in [3.63, 3.8) is 0 Å². The molecule has 0 radical (unpaired) electrons. The Morgan fingerprint density at radius 2 is 1.57 bits per heavy atom. The van der Waals surface area contributed by atoms with Crippen LogP contribution in [0.3, 0.4) is 0 Å². The molecule has 0 aliphatic rings. The molecule has 3 aromatic carbocycles. The van der Waals surface area contributed by atoms with Gasteiger partial charge in [-0.15, -0.1) is 0 Å². The van der Waals surface area contributed by atoms with Crippen LogP contribution in [0, 0.1) is 0 Å². The summed E-state index contributed by atoms with van der Waals surface area (Å²) < 4.78 is 5.06. The summed E-state index contributed by atoms with van der Waals surface area (Å²) >= 11 is 0. The third-order valence-electron chi connectivity index (χ3n) is 3.69. The van der Waals surface area contributed by atoms with Crippen molar-refractivity contribution in [1.82, 2.24) is 0 Å². The normalized spacial score (nSPS) is 11.4. The van der Waals surface area contributed by atoms with E-state index in [0.717, 1.165) is 10.8 Å². The first-order valence-electron chi connectivity index (χ1n) is 7.25. The molecular weight excluding hydrogens is 288 g/mol. The molecule has 0 bridgehead atoms. The molecule has 0 fully saturated rings. The molecule has 3 heteroatoms. The van der Waals surface area contributed by atoms with E-state index in [1.165, 1.54) is 6.08 Å². The van der Waals surface area contributed by atoms with Crippen LogP contribution in [0.2, 0.25) is 0 Å². The van der Waals surface area contributed by atoms with Gasteiger partial charge in [-0.3, -0.25) is 4.79 Å². The summed E-state index contributed by atoms with van der Waals surface area (Å²) in [6, 6.07) is 20.2. The fraction of sp³-hybridized carbons (Fsp3) is 0.0500. The van der Waals surface area contributed by atoms with E-state index < -0.39 is 0 Å². The maximum atomic E-state index is 12.2. The molecule has 1 N–H and O–H groups in total. The van der Waals surface area contributed by atoms with Crippen molar-refractivity contribution in [3.8, 4) is 5.75 Å². The molecule has 0 atom stereocenters. The first-order chi connectivity index (χ1) is 11.2. The number of methoxy groups -OCH3 is 1. The number of allylic oxidation sites excluding steroid dienone is 1. The van der Waals surface area contributed by atoms with Crippen molar-refractivity contribution in [1.29, 1.82) is 0 Å². The van der Waals surface area contributed by atoms with Gasteiger partial charge in [0.2, 0.25) is 0 Å². The van der Waals surface area contributed by atoms with Gasteiger partial charge in [-0.1, -0.05) is 36.4 Å². The van der Waals surface area contributed by atoms with Gasteiger partial charge in [0.25, 0.3) is 0 Å². The van der Waals surface area contributed by atoms with Crippen LogP contribution >= 0.6 is 0 Å². The SMILES string of the molecule is COc1ccc(C(=O)/C=C(\O)c2ccc3ccccc3c2)cc1. The third kappa shape index (κ3) is 3.24. The molecule has 0 saturated heterocycles. The molecule has 23 heavy (non-hydrogen) atoms. The Morgan fingerprint density at radius 3 is 2.26 bits per heavy atom. The quantitative estimate of drug-likeness (QED) is 0.434. The zero-order valence-corrected chi connectivity index (χ0v) is 12.7. The maximum absolute atomic E-state index is 12.2. The Bertz CT molecular complexity index is 877. The number of hydrogen-bond donors (Lipinski definition) is 1. The monoisotopic (exact) mass is 304 g/mol. The average molecular weight is 304 g/mol. The molecule has 0 unspecified atom stereocenters. The first-order valence-corrected chi connectivity index (χ1v) is 7.25. The van der Waals surface area contributed by atoms with Crippen LogP contribution in [0.1, 0.15) is 15.9 Å². The van der Waals surface area contributed by atoms with Gasteiger partial charge < -0.3 is 9.84 Å². The Morgan fingerprint density at radius 1 is 0.913 bits per heavy atom. The van der Waals surface area contributed by atoms with Gasteiger partial charge in [-0.2, -0.15) is 0 Å². The van der Waals surface area contributed by atoms with Crippen LogP contribution in [-0.2, 0) is 0 Å². The van der Waals surface area contributed by atoms with Crippen LogP contribution in [0.5, 0.6) is 5.75 Å². The summed E-state index contributed by atoms with van der Waals surface area (Å²) in [5.41, 5.74) is 1.11. The summed E-state index contributed by atoms with van der Waals surface area (Å²) in [6.07, 6.45) is 1.24. The van der Waals surface area contributed by atoms with E-state index in [0.29, 0.717) is 16.9 Å². The standard InChI is InChI=1S/C20H16O3/c1-23-18-10-8-15(9-11-18)19(21)13-20(22)17-7-6-14-4-2-3-5-16(14)12-17/h2-13,22H,1H3/b20-13-. The molecule has 0 aliphatic heterocycles. The predicted octanol–water partition coefficient (Wildman–Crippen LogP) is 4.63.